The Morgan fingerprint density at radius 2 is 2.00 bits per heavy atom. The Hall–Kier alpha value is -2.34. The van der Waals surface area contributed by atoms with Crippen LogP contribution in [-0.4, -0.2) is 18.5 Å². The van der Waals surface area contributed by atoms with Crippen molar-refractivity contribution in [3.05, 3.63) is 58.6 Å². The lowest BCUT2D eigenvalue weighted by molar-refractivity contribution is -0.117. The van der Waals surface area contributed by atoms with Gasteiger partial charge in [0.2, 0.25) is 5.91 Å². The summed E-state index contributed by atoms with van der Waals surface area (Å²) in [6.07, 6.45) is 1.46. The summed E-state index contributed by atoms with van der Waals surface area (Å²) in [5.74, 6) is 0.130. The molecule has 1 saturated heterocycles. The first-order valence-corrected chi connectivity index (χ1v) is 9.05. The van der Waals surface area contributed by atoms with Gasteiger partial charge in [0.25, 0.3) is 0 Å². The SMILES string of the molecule is C[C@H](NC(=O)Nc1cccc(N2CCCC2=O)c1)c1cccc(Br)c1. The Bertz CT molecular complexity index is 794. The van der Waals surface area contributed by atoms with Gasteiger partial charge in [0.05, 0.1) is 6.04 Å². The third-order valence-corrected chi connectivity index (χ3v) is 4.68. The molecule has 0 bridgehead atoms. The zero-order chi connectivity index (χ0) is 17.8. The number of urea groups is 1. The van der Waals surface area contributed by atoms with E-state index in [9.17, 15) is 9.59 Å². The number of hydrogen-bond acceptors (Lipinski definition) is 2. The summed E-state index contributed by atoms with van der Waals surface area (Å²) in [6.45, 7) is 2.66. The van der Waals surface area contributed by atoms with Crippen LogP contribution in [0.4, 0.5) is 16.2 Å². The minimum absolute atomic E-state index is 0.124. The lowest BCUT2D eigenvalue weighted by atomic mass is 10.1. The van der Waals surface area contributed by atoms with Gasteiger partial charge < -0.3 is 15.5 Å². The molecule has 3 amide bonds. The maximum Gasteiger partial charge on any atom is 0.319 e. The summed E-state index contributed by atoms with van der Waals surface area (Å²) in [5.41, 5.74) is 2.50. The average molecular weight is 402 g/mol. The second-order valence-electron chi connectivity index (χ2n) is 6.07. The minimum atomic E-state index is -0.280. The molecule has 0 radical (unpaired) electrons. The Kier molecular flexibility index (Phi) is 5.38. The summed E-state index contributed by atoms with van der Waals surface area (Å²) in [5, 5.41) is 5.75. The Morgan fingerprint density at radius 3 is 2.72 bits per heavy atom. The number of anilines is 2. The van der Waals surface area contributed by atoms with Crippen LogP contribution in [0, 0.1) is 0 Å². The molecule has 0 aromatic heterocycles. The van der Waals surface area contributed by atoms with Crippen LogP contribution in [0.1, 0.15) is 31.4 Å². The standard InChI is InChI=1S/C19H20BrN3O2/c1-13(14-5-2-6-15(20)11-14)21-19(25)22-16-7-3-8-17(12-16)23-10-4-9-18(23)24/h2-3,5-8,11-13H,4,9-10H2,1H3,(H2,21,22,25)/t13-/m0/s1. The normalized spacial score (nSPS) is 15.1. The Balaban J connectivity index is 1.64. The average Bonchev–Trinajstić information content (AvgIpc) is 3.01. The van der Waals surface area contributed by atoms with Gasteiger partial charge in [0.1, 0.15) is 0 Å². The molecule has 0 saturated carbocycles. The molecule has 6 heteroatoms. The fourth-order valence-electron chi connectivity index (χ4n) is 2.90. The largest absolute Gasteiger partial charge is 0.331 e. The number of carbonyl (C=O) groups excluding carboxylic acids is 2. The molecule has 2 N–H and O–H groups in total. The van der Waals surface area contributed by atoms with Gasteiger partial charge in [-0.25, -0.2) is 4.79 Å². The first kappa shape index (κ1) is 17.5. The second kappa shape index (κ2) is 7.70. The van der Waals surface area contributed by atoms with Crippen molar-refractivity contribution in [3.8, 4) is 0 Å². The fraction of sp³-hybridized carbons (Fsp3) is 0.263. The molecular weight excluding hydrogens is 382 g/mol. The molecule has 0 unspecified atom stereocenters. The van der Waals surface area contributed by atoms with Crippen LogP contribution in [-0.2, 0) is 4.79 Å². The topological polar surface area (TPSA) is 61.4 Å². The zero-order valence-electron chi connectivity index (χ0n) is 14.0. The molecule has 0 spiro atoms. The van der Waals surface area contributed by atoms with E-state index in [0.29, 0.717) is 12.1 Å². The molecule has 1 fully saturated rings. The van der Waals surface area contributed by atoms with Crippen LogP contribution in [0.2, 0.25) is 0 Å². The molecule has 0 aliphatic carbocycles. The zero-order valence-corrected chi connectivity index (χ0v) is 15.5. The van der Waals surface area contributed by atoms with Crippen molar-refractivity contribution in [1.82, 2.24) is 5.32 Å². The maximum atomic E-state index is 12.3. The van der Waals surface area contributed by atoms with Gasteiger partial charge >= 0.3 is 6.03 Å². The number of rotatable bonds is 4. The number of carbonyl (C=O) groups is 2. The first-order valence-electron chi connectivity index (χ1n) is 8.26. The van der Waals surface area contributed by atoms with Crippen molar-refractivity contribution in [1.29, 1.82) is 0 Å². The number of amides is 3. The van der Waals surface area contributed by atoms with Crippen molar-refractivity contribution >= 4 is 39.2 Å². The molecule has 1 aliphatic rings. The Labute approximate surface area is 155 Å². The molecule has 25 heavy (non-hydrogen) atoms. The second-order valence-corrected chi connectivity index (χ2v) is 6.99. The van der Waals surface area contributed by atoms with E-state index in [1.807, 2.05) is 55.5 Å². The van der Waals surface area contributed by atoms with Crippen molar-refractivity contribution in [2.45, 2.75) is 25.8 Å². The van der Waals surface area contributed by atoms with Gasteiger partial charge in [-0.2, -0.15) is 0 Å². The van der Waals surface area contributed by atoms with E-state index < -0.39 is 0 Å². The van der Waals surface area contributed by atoms with Crippen molar-refractivity contribution in [2.24, 2.45) is 0 Å². The molecule has 1 aliphatic heterocycles. The van der Waals surface area contributed by atoms with Crippen LogP contribution >= 0.6 is 15.9 Å². The monoisotopic (exact) mass is 401 g/mol. The number of benzene rings is 2. The summed E-state index contributed by atoms with van der Waals surface area (Å²) >= 11 is 3.43. The highest BCUT2D eigenvalue weighted by Crippen LogP contribution is 2.24. The summed E-state index contributed by atoms with van der Waals surface area (Å²) in [7, 11) is 0. The molecular formula is C19H20BrN3O2. The highest BCUT2D eigenvalue weighted by Gasteiger charge is 2.21. The van der Waals surface area contributed by atoms with Gasteiger partial charge in [0, 0.05) is 28.8 Å². The van der Waals surface area contributed by atoms with Crippen LogP contribution in [0.5, 0.6) is 0 Å². The van der Waals surface area contributed by atoms with Crippen LogP contribution in [0.15, 0.2) is 53.0 Å². The molecule has 2 aromatic carbocycles. The predicted molar refractivity (Wildman–Crippen MR) is 103 cm³/mol. The van der Waals surface area contributed by atoms with E-state index in [-0.39, 0.29) is 18.0 Å². The first-order chi connectivity index (χ1) is 12.0. The van der Waals surface area contributed by atoms with Crippen LogP contribution in [0.25, 0.3) is 0 Å². The van der Waals surface area contributed by atoms with E-state index in [0.717, 1.165) is 28.7 Å². The van der Waals surface area contributed by atoms with E-state index in [1.165, 1.54) is 0 Å². The van der Waals surface area contributed by atoms with Crippen LogP contribution in [0.3, 0.4) is 0 Å². The highest BCUT2D eigenvalue weighted by atomic mass is 79.9. The van der Waals surface area contributed by atoms with Crippen LogP contribution < -0.4 is 15.5 Å². The third kappa shape index (κ3) is 4.39. The van der Waals surface area contributed by atoms with Crippen molar-refractivity contribution < 1.29 is 9.59 Å². The number of halogens is 1. The number of nitrogens with one attached hydrogen (secondary N) is 2. The van der Waals surface area contributed by atoms with Gasteiger partial charge in [-0.05, 0) is 49.2 Å². The summed E-state index contributed by atoms with van der Waals surface area (Å²) in [4.78, 5) is 25.9. The number of hydrogen-bond donors (Lipinski definition) is 2. The van der Waals surface area contributed by atoms with Gasteiger partial charge in [-0.15, -0.1) is 0 Å². The summed E-state index contributed by atoms with van der Waals surface area (Å²) < 4.78 is 0.974. The maximum absolute atomic E-state index is 12.3. The molecule has 130 valence electrons. The lowest BCUT2D eigenvalue weighted by Gasteiger charge is -2.18. The van der Waals surface area contributed by atoms with E-state index in [2.05, 4.69) is 26.6 Å². The van der Waals surface area contributed by atoms with Crippen molar-refractivity contribution in [3.63, 3.8) is 0 Å². The quantitative estimate of drug-likeness (QED) is 0.794. The lowest BCUT2D eigenvalue weighted by Crippen LogP contribution is -2.31. The minimum Gasteiger partial charge on any atom is -0.331 e. The highest BCUT2D eigenvalue weighted by molar-refractivity contribution is 9.10. The fourth-order valence-corrected chi connectivity index (χ4v) is 3.31. The smallest absolute Gasteiger partial charge is 0.319 e. The molecule has 2 aromatic rings. The Morgan fingerprint density at radius 1 is 1.20 bits per heavy atom. The molecule has 1 heterocycles. The third-order valence-electron chi connectivity index (χ3n) is 4.19. The number of nitrogens with zero attached hydrogens (tertiary/aromatic N) is 1. The van der Waals surface area contributed by atoms with Crippen molar-refractivity contribution in [2.75, 3.05) is 16.8 Å². The molecule has 1 atom stereocenters. The van der Waals surface area contributed by atoms with Gasteiger partial charge in [-0.1, -0.05) is 34.1 Å². The summed E-state index contributed by atoms with van der Waals surface area (Å²) in [6, 6.07) is 14.8. The molecule has 5 nitrogen and oxygen atoms in total. The predicted octanol–water partition coefficient (Wildman–Crippen LogP) is 4.46. The molecule has 3 rings (SSSR count). The van der Waals surface area contributed by atoms with E-state index >= 15 is 0 Å². The van der Waals surface area contributed by atoms with Gasteiger partial charge in [0.15, 0.2) is 0 Å². The van der Waals surface area contributed by atoms with Gasteiger partial charge in [-0.3, -0.25) is 4.79 Å². The van der Waals surface area contributed by atoms with E-state index in [1.54, 1.807) is 4.90 Å². The van der Waals surface area contributed by atoms with E-state index in [4.69, 9.17) is 0 Å².